The Morgan fingerprint density at radius 2 is 2.15 bits per heavy atom. The van der Waals surface area contributed by atoms with E-state index >= 15 is 0 Å². The van der Waals surface area contributed by atoms with E-state index in [4.69, 9.17) is 10.7 Å². The van der Waals surface area contributed by atoms with Gasteiger partial charge in [0.25, 0.3) is 15.0 Å². The summed E-state index contributed by atoms with van der Waals surface area (Å²) in [6.07, 6.45) is 1.28. The second kappa shape index (κ2) is 5.55. The number of nitrogens with zero attached hydrogens (tertiary/aromatic N) is 1. The number of hydrogen-bond donors (Lipinski definition) is 1. The summed E-state index contributed by atoms with van der Waals surface area (Å²) in [5, 5.41) is 6.09. The third kappa shape index (κ3) is 3.20. The molecule has 0 saturated carbocycles. The zero-order valence-electron chi connectivity index (χ0n) is 10.1. The van der Waals surface area contributed by atoms with E-state index in [9.17, 15) is 13.2 Å². The fourth-order valence-electron chi connectivity index (χ4n) is 1.54. The van der Waals surface area contributed by atoms with Crippen LogP contribution in [0.3, 0.4) is 0 Å². The highest BCUT2D eigenvalue weighted by atomic mass is 79.9. The van der Waals surface area contributed by atoms with Crippen molar-refractivity contribution in [3.63, 3.8) is 0 Å². The number of amides is 1. The number of aromatic nitrogens is 1. The molecular weight excluding hydrogens is 372 g/mol. The normalized spacial score (nSPS) is 11.3. The summed E-state index contributed by atoms with van der Waals surface area (Å²) in [6.45, 7) is 1.58. The first-order valence-corrected chi connectivity index (χ1v) is 8.36. The number of carbonyl (C=O) groups is 1. The van der Waals surface area contributed by atoms with Gasteiger partial charge in [0.15, 0.2) is 5.69 Å². The lowest BCUT2D eigenvalue weighted by Gasteiger charge is -2.09. The Morgan fingerprint density at radius 1 is 1.45 bits per heavy atom. The highest BCUT2D eigenvalue weighted by Gasteiger charge is 2.18. The predicted octanol–water partition coefficient (Wildman–Crippen LogP) is 2.93. The van der Waals surface area contributed by atoms with E-state index in [0.29, 0.717) is 15.7 Å². The SMILES string of the molecule is Cc1cc(NC(=O)c2ccon2)c(Br)cc1S(=O)(=O)Cl. The molecule has 0 saturated heterocycles. The van der Waals surface area contributed by atoms with Crippen LogP contribution in [-0.2, 0) is 9.05 Å². The van der Waals surface area contributed by atoms with E-state index in [1.54, 1.807) is 6.92 Å². The van der Waals surface area contributed by atoms with Crippen molar-refractivity contribution >= 4 is 47.3 Å². The molecule has 0 unspecified atom stereocenters. The van der Waals surface area contributed by atoms with E-state index in [0.717, 1.165) is 0 Å². The molecule has 1 heterocycles. The van der Waals surface area contributed by atoms with Crippen molar-refractivity contribution in [3.05, 3.63) is 40.2 Å². The predicted molar refractivity (Wildman–Crippen MR) is 76.4 cm³/mol. The van der Waals surface area contributed by atoms with Gasteiger partial charge in [-0.2, -0.15) is 0 Å². The molecule has 0 radical (unpaired) electrons. The minimum Gasteiger partial charge on any atom is -0.364 e. The van der Waals surface area contributed by atoms with Crippen LogP contribution in [0.1, 0.15) is 16.1 Å². The maximum atomic E-state index is 11.8. The van der Waals surface area contributed by atoms with Gasteiger partial charge in [-0.1, -0.05) is 5.16 Å². The number of carbonyl (C=O) groups excluding carboxylic acids is 1. The molecule has 0 aliphatic heterocycles. The van der Waals surface area contributed by atoms with Gasteiger partial charge in [-0.25, -0.2) is 8.42 Å². The minimum absolute atomic E-state index is 0.0227. The molecule has 1 aromatic carbocycles. The molecule has 0 aliphatic rings. The Labute approximate surface area is 127 Å². The van der Waals surface area contributed by atoms with Crippen molar-refractivity contribution in [2.24, 2.45) is 0 Å². The van der Waals surface area contributed by atoms with Gasteiger partial charge < -0.3 is 9.84 Å². The van der Waals surface area contributed by atoms with Crippen LogP contribution >= 0.6 is 26.6 Å². The third-order valence-corrected chi connectivity index (χ3v) is 4.57. The number of benzene rings is 1. The van der Waals surface area contributed by atoms with Crippen molar-refractivity contribution in [1.29, 1.82) is 0 Å². The van der Waals surface area contributed by atoms with Crippen LogP contribution in [-0.4, -0.2) is 19.5 Å². The molecule has 0 bridgehead atoms. The lowest BCUT2D eigenvalue weighted by molar-refractivity contribution is 0.101. The number of aryl methyl sites for hydroxylation is 1. The molecule has 0 spiro atoms. The fourth-order valence-corrected chi connectivity index (χ4v) is 3.33. The molecule has 1 amide bonds. The highest BCUT2D eigenvalue weighted by molar-refractivity contribution is 9.10. The first-order chi connectivity index (χ1) is 9.29. The van der Waals surface area contributed by atoms with Crippen LogP contribution in [0, 0.1) is 6.92 Å². The largest absolute Gasteiger partial charge is 0.364 e. The summed E-state index contributed by atoms with van der Waals surface area (Å²) in [4.78, 5) is 11.8. The first-order valence-electron chi connectivity index (χ1n) is 5.25. The van der Waals surface area contributed by atoms with Crippen molar-refractivity contribution in [1.82, 2.24) is 5.16 Å². The standard InChI is InChI=1S/C11H8BrClN2O4S/c1-6-4-9(7(12)5-10(6)20(13,17)18)14-11(16)8-2-3-19-15-8/h2-5H,1H3,(H,14,16). The van der Waals surface area contributed by atoms with Crippen molar-refractivity contribution in [2.45, 2.75) is 11.8 Å². The Kier molecular flexibility index (Phi) is 4.17. The van der Waals surface area contributed by atoms with Crippen LogP contribution in [0.15, 0.2) is 38.4 Å². The van der Waals surface area contributed by atoms with Crippen LogP contribution in [0.5, 0.6) is 0 Å². The molecule has 2 aromatic rings. The summed E-state index contributed by atoms with van der Waals surface area (Å²) in [7, 11) is 1.47. The summed E-state index contributed by atoms with van der Waals surface area (Å²) in [5.41, 5.74) is 0.932. The maximum absolute atomic E-state index is 11.8. The van der Waals surface area contributed by atoms with E-state index in [2.05, 4.69) is 30.9 Å². The number of anilines is 1. The molecule has 20 heavy (non-hydrogen) atoms. The van der Waals surface area contributed by atoms with Gasteiger partial charge in [-0.05, 0) is 40.5 Å². The average molecular weight is 380 g/mol. The van der Waals surface area contributed by atoms with Gasteiger partial charge in [-0.15, -0.1) is 0 Å². The van der Waals surface area contributed by atoms with E-state index < -0.39 is 15.0 Å². The smallest absolute Gasteiger partial charge is 0.277 e. The monoisotopic (exact) mass is 378 g/mol. The molecule has 0 aliphatic carbocycles. The van der Waals surface area contributed by atoms with E-state index in [-0.39, 0.29) is 10.6 Å². The van der Waals surface area contributed by atoms with Crippen molar-refractivity contribution < 1.29 is 17.7 Å². The topological polar surface area (TPSA) is 89.3 Å². The van der Waals surface area contributed by atoms with Crippen LogP contribution in [0.25, 0.3) is 0 Å². The summed E-state index contributed by atoms with van der Waals surface area (Å²) in [6, 6.07) is 4.24. The minimum atomic E-state index is -3.84. The molecule has 1 N–H and O–H groups in total. The second-order valence-corrected chi connectivity index (χ2v) is 7.26. The Morgan fingerprint density at radius 3 is 2.70 bits per heavy atom. The van der Waals surface area contributed by atoms with E-state index in [1.807, 2.05) is 0 Å². The molecule has 1 aromatic heterocycles. The molecule has 9 heteroatoms. The van der Waals surface area contributed by atoms with Gasteiger partial charge in [0.1, 0.15) is 6.26 Å². The second-order valence-electron chi connectivity index (χ2n) is 3.87. The van der Waals surface area contributed by atoms with Gasteiger partial charge in [0.05, 0.1) is 10.6 Å². The summed E-state index contributed by atoms with van der Waals surface area (Å²) < 4.78 is 27.7. The van der Waals surface area contributed by atoms with Crippen molar-refractivity contribution in [2.75, 3.05) is 5.32 Å². The molecule has 0 atom stereocenters. The quantitative estimate of drug-likeness (QED) is 0.828. The van der Waals surface area contributed by atoms with Gasteiger partial charge in [-0.3, -0.25) is 4.79 Å². The fraction of sp³-hybridized carbons (Fsp3) is 0.0909. The molecular formula is C11H8BrClN2O4S. The molecule has 2 rings (SSSR count). The first kappa shape index (κ1) is 15.0. The van der Waals surface area contributed by atoms with Crippen LogP contribution in [0.2, 0.25) is 0 Å². The Hall–Kier alpha value is -1.38. The summed E-state index contributed by atoms with van der Waals surface area (Å²) in [5.74, 6) is -0.472. The molecule has 0 fully saturated rings. The third-order valence-electron chi connectivity index (χ3n) is 2.45. The van der Waals surface area contributed by atoms with Gasteiger partial charge >= 0.3 is 0 Å². The maximum Gasteiger partial charge on any atom is 0.277 e. The zero-order chi connectivity index (χ0) is 14.9. The Balaban J connectivity index is 2.35. The highest BCUT2D eigenvalue weighted by Crippen LogP contribution is 2.30. The van der Waals surface area contributed by atoms with Gasteiger partial charge in [0.2, 0.25) is 0 Å². The zero-order valence-corrected chi connectivity index (χ0v) is 13.2. The van der Waals surface area contributed by atoms with Crippen LogP contribution < -0.4 is 5.32 Å². The van der Waals surface area contributed by atoms with Crippen LogP contribution in [0.4, 0.5) is 5.69 Å². The van der Waals surface area contributed by atoms with E-state index in [1.165, 1.54) is 24.5 Å². The number of nitrogens with one attached hydrogen (secondary N) is 1. The van der Waals surface area contributed by atoms with Crippen molar-refractivity contribution in [3.8, 4) is 0 Å². The number of rotatable bonds is 3. The summed E-state index contributed by atoms with van der Waals surface area (Å²) >= 11 is 3.18. The molecule has 106 valence electrons. The number of hydrogen-bond acceptors (Lipinski definition) is 5. The Bertz CT molecular complexity index is 759. The number of halogens is 2. The lowest BCUT2D eigenvalue weighted by atomic mass is 10.2. The molecule has 6 nitrogen and oxygen atoms in total. The average Bonchev–Trinajstić information content (AvgIpc) is 2.85. The van der Waals surface area contributed by atoms with Gasteiger partial charge in [0, 0.05) is 21.2 Å². The lowest BCUT2D eigenvalue weighted by Crippen LogP contribution is -2.13.